The molecule has 0 saturated carbocycles. The summed E-state index contributed by atoms with van der Waals surface area (Å²) in [6.45, 7) is 6.64. The van der Waals surface area contributed by atoms with Crippen LogP contribution in [0.5, 0.6) is 0 Å². The largest absolute Gasteiger partial charge is 0.377 e. The Morgan fingerprint density at radius 1 is 1.29 bits per heavy atom. The van der Waals surface area contributed by atoms with Crippen molar-refractivity contribution in [1.82, 2.24) is 0 Å². The van der Waals surface area contributed by atoms with E-state index in [2.05, 4.69) is 31.1 Å². The lowest BCUT2D eigenvalue weighted by Crippen LogP contribution is -2.16. The molecule has 0 aliphatic heterocycles. The molecule has 17 heavy (non-hydrogen) atoms. The van der Waals surface area contributed by atoms with Gasteiger partial charge in [0.05, 0.1) is 0 Å². The number of hydrogen-bond acceptors (Lipinski definition) is 2. The topological polar surface area (TPSA) is 26.3 Å². The second kappa shape index (κ2) is 5.81. The van der Waals surface area contributed by atoms with E-state index >= 15 is 0 Å². The van der Waals surface area contributed by atoms with E-state index in [1.54, 1.807) is 6.07 Å². The predicted octanol–water partition coefficient (Wildman–Crippen LogP) is 2.74. The molecule has 0 aliphatic carbocycles. The van der Waals surface area contributed by atoms with Gasteiger partial charge in [-0.1, -0.05) is 43.8 Å². The first kappa shape index (κ1) is 13.7. The number of rotatable bonds is 3. The Kier molecular flexibility index (Phi) is 4.68. The third-order valence-corrected chi connectivity index (χ3v) is 2.95. The summed E-state index contributed by atoms with van der Waals surface area (Å²) in [5, 5.41) is 0. The monoisotopic (exact) mass is 246 g/mol. The zero-order chi connectivity index (χ0) is 12.9. The van der Waals surface area contributed by atoms with Crippen LogP contribution in [0, 0.1) is 11.5 Å². The summed E-state index contributed by atoms with van der Waals surface area (Å²) in [5.74, 6) is 3.11. The molecule has 0 atom stereocenters. The van der Waals surface area contributed by atoms with E-state index in [0.29, 0.717) is 5.56 Å². The summed E-state index contributed by atoms with van der Waals surface area (Å²) in [6.07, 6.45) is 0. The van der Waals surface area contributed by atoms with Gasteiger partial charge < -0.3 is 4.74 Å². The number of carbonyl (C=O) groups excluding carboxylic acids is 1. The third-order valence-electron chi connectivity index (χ3n) is 2.08. The second-order valence-electron chi connectivity index (χ2n) is 4.90. The molecule has 1 aromatic rings. The van der Waals surface area contributed by atoms with Crippen molar-refractivity contribution in [3.8, 4) is 11.5 Å². The van der Waals surface area contributed by atoms with Crippen LogP contribution in [-0.2, 0) is 4.74 Å². The van der Waals surface area contributed by atoms with Crippen molar-refractivity contribution in [2.75, 3.05) is 13.7 Å². The van der Waals surface area contributed by atoms with E-state index in [0.717, 1.165) is 5.56 Å². The maximum Gasteiger partial charge on any atom is 0.189 e. The van der Waals surface area contributed by atoms with Gasteiger partial charge in [0.25, 0.3) is 0 Å². The van der Waals surface area contributed by atoms with Gasteiger partial charge in [0.1, 0.15) is 14.7 Å². The van der Waals surface area contributed by atoms with Crippen molar-refractivity contribution in [2.45, 2.75) is 19.6 Å². The van der Waals surface area contributed by atoms with Crippen LogP contribution in [0.1, 0.15) is 15.9 Å². The Labute approximate surface area is 104 Å². The summed E-state index contributed by atoms with van der Waals surface area (Å²) in [6, 6.07) is 7.44. The molecule has 2 nitrogen and oxygen atoms in total. The Morgan fingerprint density at radius 2 is 1.94 bits per heavy atom. The van der Waals surface area contributed by atoms with Crippen molar-refractivity contribution in [3.63, 3.8) is 0 Å². The lowest BCUT2D eigenvalue weighted by Gasteiger charge is -2.05. The number of hydrogen-bond donors (Lipinski definition) is 0. The van der Waals surface area contributed by atoms with Crippen molar-refractivity contribution in [1.29, 1.82) is 0 Å². The van der Waals surface area contributed by atoms with Gasteiger partial charge in [-0.2, -0.15) is 0 Å². The first-order chi connectivity index (χ1) is 7.94. The minimum Gasteiger partial charge on any atom is -0.377 e. The van der Waals surface area contributed by atoms with Crippen molar-refractivity contribution in [3.05, 3.63) is 35.4 Å². The van der Waals surface area contributed by atoms with Crippen LogP contribution in [0.4, 0.5) is 0 Å². The summed E-state index contributed by atoms with van der Waals surface area (Å²) in [5.41, 5.74) is 4.73. The number of ketones is 1. The second-order valence-corrected chi connectivity index (χ2v) is 9.65. The molecule has 1 rings (SSSR count). The van der Waals surface area contributed by atoms with Gasteiger partial charge in [-0.15, -0.1) is 5.54 Å². The zero-order valence-corrected chi connectivity index (χ0v) is 11.8. The zero-order valence-electron chi connectivity index (χ0n) is 10.8. The van der Waals surface area contributed by atoms with Gasteiger partial charge in [-0.3, -0.25) is 4.79 Å². The maximum absolute atomic E-state index is 11.8. The molecule has 90 valence electrons. The van der Waals surface area contributed by atoms with E-state index in [1.165, 1.54) is 7.11 Å². The fourth-order valence-corrected chi connectivity index (χ4v) is 1.81. The Morgan fingerprint density at radius 3 is 2.53 bits per heavy atom. The van der Waals surface area contributed by atoms with Crippen molar-refractivity contribution < 1.29 is 9.53 Å². The van der Waals surface area contributed by atoms with Gasteiger partial charge in [0.2, 0.25) is 0 Å². The number of ether oxygens (including phenoxy) is 1. The predicted molar refractivity (Wildman–Crippen MR) is 72.9 cm³/mol. The molecule has 0 heterocycles. The summed E-state index contributed by atoms with van der Waals surface area (Å²) < 4.78 is 4.87. The SMILES string of the molecule is COCC(=O)c1ccccc1C#C[Si](C)(C)C. The summed E-state index contributed by atoms with van der Waals surface area (Å²) in [4.78, 5) is 11.8. The van der Waals surface area contributed by atoms with Crippen LogP contribution in [0.3, 0.4) is 0 Å². The van der Waals surface area contributed by atoms with Crippen LogP contribution < -0.4 is 0 Å². The Balaban J connectivity index is 3.07. The van der Waals surface area contributed by atoms with Crippen LogP contribution in [0.25, 0.3) is 0 Å². The molecule has 0 aromatic heterocycles. The van der Waals surface area contributed by atoms with Crippen LogP contribution in [0.2, 0.25) is 19.6 Å². The smallest absolute Gasteiger partial charge is 0.189 e. The summed E-state index contributed by atoms with van der Waals surface area (Å²) >= 11 is 0. The first-order valence-corrected chi connectivity index (χ1v) is 9.08. The van der Waals surface area contributed by atoms with Gasteiger partial charge >= 0.3 is 0 Å². The molecular weight excluding hydrogens is 228 g/mol. The van der Waals surface area contributed by atoms with E-state index in [4.69, 9.17) is 4.74 Å². The standard InChI is InChI=1S/C14H18O2Si/c1-16-11-14(15)13-8-6-5-7-12(13)9-10-17(2,3)4/h5-8H,11H2,1-4H3. The number of methoxy groups -OCH3 is 1. The minimum absolute atomic E-state index is 0.0204. The van der Waals surface area contributed by atoms with Gasteiger partial charge in [-0.05, 0) is 6.07 Å². The lowest BCUT2D eigenvalue weighted by atomic mass is 10.0. The van der Waals surface area contributed by atoms with E-state index in [-0.39, 0.29) is 12.4 Å². The highest BCUT2D eigenvalue weighted by molar-refractivity contribution is 6.83. The maximum atomic E-state index is 11.8. The fourth-order valence-electron chi connectivity index (χ4n) is 1.30. The highest BCUT2D eigenvalue weighted by Gasteiger charge is 2.11. The summed E-state index contributed by atoms with van der Waals surface area (Å²) in [7, 11) is 0.102. The molecule has 1 aromatic carbocycles. The minimum atomic E-state index is -1.42. The average molecular weight is 246 g/mol. The molecular formula is C14H18O2Si. The molecule has 0 bridgehead atoms. The van der Waals surface area contributed by atoms with E-state index < -0.39 is 8.07 Å². The normalized spacial score (nSPS) is 10.6. The van der Waals surface area contributed by atoms with Crippen LogP contribution in [0.15, 0.2) is 24.3 Å². The Hall–Kier alpha value is -1.37. The molecule has 0 fully saturated rings. The molecule has 0 unspecified atom stereocenters. The molecule has 0 N–H and O–H groups in total. The van der Waals surface area contributed by atoms with Crippen LogP contribution >= 0.6 is 0 Å². The number of benzene rings is 1. The third kappa shape index (κ3) is 4.56. The quantitative estimate of drug-likeness (QED) is 0.466. The highest BCUT2D eigenvalue weighted by atomic mass is 28.3. The Bertz CT molecular complexity index is 461. The average Bonchev–Trinajstić information content (AvgIpc) is 2.26. The lowest BCUT2D eigenvalue weighted by molar-refractivity contribution is 0.0848. The van der Waals surface area contributed by atoms with Crippen molar-refractivity contribution >= 4 is 13.9 Å². The number of carbonyl (C=O) groups is 1. The molecule has 0 radical (unpaired) electrons. The fraction of sp³-hybridized carbons (Fsp3) is 0.357. The molecule has 3 heteroatoms. The number of Topliss-reactive ketones (excluding diaryl/α,β-unsaturated/α-hetero) is 1. The van der Waals surface area contributed by atoms with Gasteiger partial charge in [-0.25, -0.2) is 0 Å². The highest BCUT2D eigenvalue weighted by Crippen LogP contribution is 2.09. The van der Waals surface area contributed by atoms with E-state index in [9.17, 15) is 4.79 Å². The van der Waals surface area contributed by atoms with Crippen LogP contribution in [-0.4, -0.2) is 27.6 Å². The molecule has 0 saturated heterocycles. The molecule has 0 spiro atoms. The van der Waals surface area contributed by atoms with Crippen molar-refractivity contribution in [2.24, 2.45) is 0 Å². The van der Waals surface area contributed by atoms with Gasteiger partial charge in [0, 0.05) is 18.2 Å². The molecule has 0 aliphatic rings. The van der Waals surface area contributed by atoms with Gasteiger partial charge in [0.15, 0.2) is 5.78 Å². The molecule has 0 amide bonds. The van der Waals surface area contributed by atoms with E-state index in [1.807, 2.05) is 18.2 Å². The first-order valence-electron chi connectivity index (χ1n) is 5.58.